The van der Waals surface area contributed by atoms with Crippen molar-refractivity contribution in [1.82, 2.24) is 0 Å². The molecule has 2 aromatic carbocycles. The third-order valence-corrected chi connectivity index (χ3v) is 11.1. The van der Waals surface area contributed by atoms with Gasteiger partial charge in [-0.2, -0.15) is 0 Å². The maximum absolute atomic E-state index is 13.7. The molecule has 6 rings (SSSR count). The van der Waals surface area contributed by atoms with Gasteiger partial charge in [0.05, 0.1) is 17.3 Å². The third kappa shape index (κ3) is 5.20. The monoisotopic (exact) mass is 534 g/mol. The van der Waals surface area contributed by atoms with E-state index in [1.54, 1.807) is 50.4 Å². The van der Waals surface area contributed by atoms with Gasteiger partial charge in [0.2, 0.25) is 0 Å². The molecule has 2 aromatic rings. The van der Waals surface area contributed by atoms with Crippen LogP contribution in [0, 0.1) is 17.8 Å². The van der Waals surface area contributed by atoms with Crippen molar-refractivity contribution in [3.05, 3.63) is 77.4 Å². The summed E-state index contributed by atoms with van der Waals surface area (Å²) in [6.07, 6.45) is 10.7. The average molecular weight is 535 g/mol. The van der Waals surface area contributed by atoms with E-state index in [2.05, 4.69) is 6.07 Å². The number of allylic oxidation sites excluding steroid dienone is 2. The number of rotatable bonds is 9. The number of carbonyl (C=O) groups is 1. The Balaban J connectivity index is 1.54. The molecule has 5 nitrogen and oxygen atoms in total. The molecular weight excluding hydrogens is 496 g/mol. The first-order valence-electron chi connectivity index (χ1n) is 13.7. The molecule has 4 bridgehead atoms. The second-order valence-corrected chi connectivity index (χ2v) is 14.1. The van der Waals surface area contributed by atoms with E-state index >= 15 is 0 Å². The first-order chi connectivity index (χ1) is 18.1. The van der Waals surface area contributed by atoms with Gasteiger partial charge in [-0.15, -0.1) is 0 Å². The van der Waals surface area contributed by atoms with Crippen LogP contribution in [0.1, 0.15) is 69.9 Å². The van der Waals surface area contributed by atoms with E-state index < -0.39 is 21.1 Å². The van der Waals surface area contributed by atoms with Gasteiger partial charge in [0.25, 0.3) is 0 Å². The molecule has 0 radical (unpaired) electrons. The van der Waals surface area contributed by atoms with Gasteiger partial charge >= 0.3 is 5.97 Å². The maximum Gasteiger partial charge on any atom is 0.328 e. The van der Waals surface area contributed by atoms with E-state index in [4.69, 9.17) is 4.74 Å². The lowest BCUT2D eigenvalue weighted by molar-refractivity contribution is -0.131. The molecule has 0 aromatic heterocycles. The standard InChI is InChI=1S/C32H38O5S/c1-21(12-31(33)34)11-28(38(35,36)27-7-5-4-6-8-27)13-22(2)26-9-10-30(37-3)29(17-26)32-18-23-14-24(19-32)16-25(15-23)20-32/h4-10,12-13,17,23-25,28H,11,14-16,18-20H2,1-3H3,(H,33,34). The van der Waals surface area contributed by atoms with E-state index in [0.717, 1.165) is 40.7 Å². The lowest BCUT2D eigenvalue weighted by Crippen LogP contribution is -2.48. The summed E-state index contributed by atoms with van der Waals surface area (Å²) in [5, 5.41) is 8.34. The zero-order valence-corrected chi connectivity index (χ0v) is 23.3. The molecule has 4 aliphatic carbocycles. The fourth-order valence-electron chi connectivity index (χ4n) is 7.81. The van der Waals surface area contributed by atoms with Gasteiger partial charge < -0.3 is 9.84 Å². The van der Waals surface area contributed by atoms with Crippen molar-refractivity contribution in [1.29, 1.82) is 0 Å². The number of sulfone groups is 1. The molecule has 0 heterocycles. The molecule has 0 amide bonds. The van der Waals surface area contributed by atoms with E-state index in [1.807, 2.05) is 19.1 Å². The highest BCUT2D eigenvalue weighted by Crippen LogP contribution is 2.62. The summed E-state index contributed by atoms with van der Waals surface area (Å²) in [7, 11) is -1.99. The van der Waals surface area contributed by atoms with Crippen molar-refractivity contribution in [2.45, 2.75) is 74.4 Å². The van der Waals surface area contributed by atoms with Crippen LogP contribution in [0.3, 0.4) is 0 Å². The molecule has 0 spiro atoms. The second kappa shape index (κ2) is 10.4. The van der Waals surface area contributed by atoms with Crippen molar-refractivity contribution in [3.63, 3.8) is 0 Å². The lowest BCUT2D eigenvalue weighted by Gasteiger charge is -2.57. The van der Waals surface area contributed by atoms with Crippen LogP contribution in [0.5, 0.6) is 5.75 Å². The molecule has 6 heteroatoms. The van der Waals surface area contributed by atoms with Gasteiger partial charge in [0.1, 0.15) is 5.75 Å². The van der Waals surface area contributed by atoms with Crippen LogP contribution in [0.4, 0.5) is 0 Å². The Morgan fingerprint density at radius 3 is 2.18 bits per heavy atom. The van der Waals surface area contributed by atoms with E-state index in [0.29, 0.717) is 5.57 Å². The topological polar surface area (TPSA) is 80.7 Å². The molecule has 1 unspecified atom stereocenters. The quantitative estimate of drug-likeness (QED) is 0.357. The lowest BCUT2D eigenvalue weighted by atomic mass is 9.48. The number of carboxylic acid groups (broad SMARTS) is 1. The normalized spacial score (nSPS) is 27.8. The van der Waals surface area contributed by atoms with Crippen LogP contribution in [0.2, 0.25) is 0 Å². The number of benzene rings is 2. The van der Waals surface area contributed by atoms with Crippen LogP contribution in [0.15, 0.2) is 71.2 Å². The van der Waals surface area contributed by atoms with Crippen LogP contribution in [-0.4, -0.2) is 31.9 Å². The first-order valence-corrected chi connectivity index (χ1v) is 15.2. The highest BCUT2D eigenvalue weighted by Gasteiger charge is 2.52. The van der Waals surface area contributed by atoms with Crippen molar-refractivity contribution >= 4 is 21.4 Å². The smallest absolute Gasteiger partial charge is 0.328 e. The van der Waals surface area contributed by atoms with Gasteiger partial charge in [-0.3, -0.25) is 0 Å². The Bertz CT molecular complexity index is 1330. The number of methoxy groups -OCH3 is 1. The van der Waals surface area contributed by atoms with Gasteiger partial charge in [-0.05, 0) is 117 Å². The molecule has 202 valence electrons. The summed E-state index contributed by atoms with van der Waals surface area (Å²) in [4.78, 5) is 11.5. The largest absolute Gasteiger partial charge is 0.496 e. The number of ether oxygens (including phenoxy) is 1. The molecule has 1 N–H and O–H groups in total. The van der Waals surface area contributed by atoms with Crippen LogP contribution in [0.25, 0.3) is 5.57 Å². The number of hydrogen-bond donors (Lipinski definition) is 1. The number of carboxylic acids is 1. The Hall–Kier alpha value is -2.86. The maximum atomic E-state index is 13.7. The molecule has 4 saturated carbocycles. The van der Waals surface area contributed by atoms with E-state index in [9.17, 15) is 18.3 Å². The van der Waals surface area contributed by atoms with E-state index in [-0.39, 0.29) is 16.7 Å². The Morgan fingerprint density at radius 2 is 1.63 bits per heavy atom. The molecular formula is C32H38O5S. The minimum atomic E-state index is -3.73. The van der Waals surface area contributed by atoms with Crippen molar-refractivity contribution in [2.24, 2.45) is 17.8 Å². The van der Waals surface area contributed by atoms with Crippen LogP contribution >= 0.6 is 0 Å². The predicted molar refractivity (Wildman–Crippen MR) is 150 cm³/mol. The zero-order valence-electron chi connectivity index (χ0n) is 22.5. The minimum absolute atomic E-state index is 0.110. The van der Waals surface area contributed by atoms with Gasteiger partial charge in [0, 0.05) is 11.6 Å². The minimum Gasteiger partial charge on any atom is -0.496 e. The van der Waals surface area contributed by atoms with E-state index in [1.165, 1.54) is 44.1 Å². The first kappa shape index (κ1) is 26.7. The Morgan fingerprint density at radius 1 is 1.03 bits per heavy atom. The number of aliphatic carboxylic acids is 1. The Kier molecular flexibility index (Phi) is 7.29. The summed E-state index contributed by atoms with van der Waals surface area (Å²) < 4.78 is 33.2. The van der Waals surface area contributed by atoms with Crippen LogP contribution in [-0.2, 0) is 20.0 Å². The third-order valence-electron chi connectivity index (χ3n) is 9.06. The summed E-state index contributed by atoms with van der Waals surface area (Å²) >= 11 is 0. The molecule has 4 aliphatic rings. The summed E-state index contributed by atoms with van der Waals surface area (Å²) in [5.41, 5.74) is 3.78. The summed E-state index contributed by atoms with van der Waals surface area (Å²) in [5.74, 6) is 2.26. The molecule has 38 heavy (non-hydrogen) atoms. The highest BCUT2D eigenvalue weighted by molar-refractivity contribution is 7.92. The number of hydrogen-bond acceptors (Lipinski definition) is 4. The average Bonchev–Trinajstić information content (AvgIpc) is 2.87. The fraction of sp³-hybridized carbons (Fsp3) is 0.469. The predicted octanol–water partition coefficient (Wildman–Crippen LogP) is 6.83. The molecule has 1 atom stereocenters. The highest BCUT2D eigenvalue weighted by atomic mass is 32.2. The van der Waals surface area contributed by atoms with Crippen molar-refractivity contribution < 1.29 is 23.1 Å². The van der Waals surface area contributed by atoms with Crippen molar-refractivity contribution in [3.8, 4) is 5.75 Å². The molecule has 4 fully saturated rings. The van der Waals surface area contributed by atoms with Gasteiger partial charge in [-0.25, -0.2) is 13.2 Å². The van der Waals surface area contributed by atoms with Gasteiger partial charge in [0.15, 0.2) is 9.84 Å². The second-order valence-electron chi connectivity index (χ2n) is 11.9. The Labute approximate surface area is 226 Å². The summed E-state index contributed by atoms with van der Waals surface area (Å²) in [6, 6.07) is 14.7. The zero-order chi connectivity index (χ0) is 27.1. The SMILES string of the molecule is COc1ccc(C(C)=CC(CC(C)=CC(=O)O)S(=O)(=O)c2ccccc2)cc1C12CC3CC(CC(C3)C1)C2. The van der Waals surface area contributed by atoms with Crippen LogP contribution < -0.4 is 4.74 Å². The fourth-order valence-corrected chi connectivity index (χ4v) is 9.57. The molecule has 0 saturated heterocycles. The molecule has 0 aliphatic heterocycles. The summed E-state index contributed by atoms with van der Waals surface area (Å²) in [6.45, 7) is 3.62. The van der Waals surface area contributed by atoms with Crippen molar-refractivity contribution in [2.75, 3.05) is 7.11 Å². The van der Waals surface area contributed by atoms with Gasteiger partial charge in [-0.1, -0.05) is 35.9 Å².